The number of rotatable bonds is 7. The van der Waals surface area contributed by atoms with Crippen LogP contribution in [0.5, 0.6) is 5.75 Å². The van der Waals surface area contributed by atoms with Crippen molar-refractivity contribution in [3.8, 4) is 5.75 Å². The van der Waals surface area contributed by atoms with Gasteiger partial charge in [0.25, 0.3) is 17.7 Å². The highest BCUT2D eigenvalue weighted by atomic mass is 16.5. The van der Waals surface area contributed by atoms with Crippen molar-refractivity contribution in [1.82, 2.24) is 4.90 Å². The predicted molar refractivity (Wildman–Crippen MR) is 104 cm³/mol. The Morgan fingerprint density at radius 1 is 1.07 bits per heavy atom. The van der Waals surface area contributed by atoms with Gasteiger partial charge in [-0.2, -0.15) is 0 Å². The fourth-order valence-electron chi connectivity index (χ4n) is 3.06. The van der Waals surface area contributed by atoms with Gasteiger partial charge in [0, 0.05) is 17.8 Å². The lowest BCUT2D eigenvalue weighted by molar-refractivity contribution is -0.139. The van der Waals surface area contributed by atoms with Crippen molar-refractivity contribution >= 4 is 29.4 Å². The molecule has 2 aromatic carbocycles. The standard InChI is InChI=1S/C21H20N2O6/c1-3-8-23-20(27)15-6-4-13(10-16(15)21(23)28)19(26)22-17-7-5-14(9-12(17)2)29-11-18(24)25/h4-7,9-10H,3,8,11H2,1-2H3,(H,22,26)(H,24,25). The number of benzene rings is 2. The molecule has 0 saturated heterocycles. The Morgan fingerprint density at radius 3 is 2.45 bits per heavy atom. The average Bonchev–Trinajstić information content (AvgIpc) is 2.93. The molecular formula is C21H20N2O6. The lowest BCUT2D eigenvalue weighted by Crippen LogP contribution is -2.30. The Balaban J connectivity index is 1.77. The molecule has 0 radical (unpaired) electrons. The molecule has 1 heterocycles. The van der Waals surface area contributed by atoms with Crippen LogP contribution in [0.1, 0.15) is 50.0 Å². The molecule has 0 unspecified atom stereocenters. The van der Waals surface area contributed by atoms with Crippen molar-refractivity contribution < 1.29 is 29.0 Å². The molecular weight excluding hydrogens is 376 g/mol. The summed E-state index contributed by atoms with van der Waals surface area (Å²) in [7, 11) is 0. The van der Waals surface area contributed by atoms with E-state index in [0.717, 1.165) is 0 Å². The molecule has 8 nitrogen and oxygen atoms in total. The number of amides is 3. The van der Waals surface area contributed by atoms with Gasteiger partial charge in [-0.05, 0) is 55.3 Å². The van der Waals surface area contributed by atoms with Crippen molar-refractivity contribution in [2.24, 2.45) is 0 Å². The van der Waals surface area contributed by atoms with Crippen molar-refractivity contribution in [2.45, 2.75) is 20.3 Å². The number of carbonyl (C=O) groups excluding carboxylic acids is 3. The molecule has 0 atom stereocenters. The topological polar surface area (TPSA) is 113 Å². The maximum atomic E-state index is 12.6. The number of anilines is 1. The Hall–Kier alpha value is -3.68. The third kappa shape index (κ3) is 4.11. The average molecular weight is 396 g/mol. The van der Waals surface area contributed by atoms with Gasteiger partial charge >= 0.3 is 5.97 Å². The second kappa shape index (κ2) is 8.14. The van der Waals surface area contributed by atoms with E-state index in [1.807, 2.05) is 6.92 Å². The van der Waals surface area contributed by atoms with E-state index in [4.69, 9.17) is 9.84 Å². The van der Waals surface area contributed by atoms with Crippen LogP contribution in [0.4, 0.5) is 5.69 Å². The highest BCUT2D eigenvalue weighted by Crippen LogP contribution is 2.26. The minimum atomic E-state index is -1.08. The number of nitrogens with zero attached hydrogens (tertiary/aromatic N) is 1. The van der Waals surface area contributed by atoms with E-state index in [-0.39, 0.29) is 17.0 Å². The Kier molecular flexibility index (Phi) is 5.63. The van der Waals surface area contributed by atoms with Crippen LogP contribution in [0.3, 0.4) is 0 Å². The molecule has 0 fully saturated rings. The molecule has 3 rings (SSSR count). The molecule has 0 spiro atoms. The summed E-state index contributed by atoms with van der Waals surface area (Å²) in [4.78, 5) is 49.1. The summed E-state index contributed by atoms with van der Waals surface area (Å²) >= 11 is 0. The maximum absolute atomic E-state index is 12.6. The van der Waals surface area contributed by atoms with E-state index in [0.29, 0.717) is 35.5 Å². The van der Waals surface area contributed by atoms with E-state index in [9.17, 15) is 19.2 Å². The quantitative estimate of drug-likeness (QED) is 0.696. The molecule has 1 aliphatic rings. The van der Waals surface area contributed by atoms with E-state index in [2.05, 4.69) is 5.32 Å². The summed E-state index contributed by atoms with van der Waals surface area (Å²) in [6.45, 7) is 3.50. The molecule has 2 N–H and O–H groups in total. The number of carboxylic acids is 1. The van der Waals surface area contributed by atoms with Crippen molar-refractivity contribution in [3.05, 3.63) is 58.7 Å². The highest BCUT2D eigenvalue weighted by molar-refractivity contribution is 6.22. The molecule has 29 heavy (non-hydrogen) atoms. The molecule has 0 bridgehead atoms. The summed E-state index contributed by atoms with van der Waals surface area (Å²) in [5.41, 5.74) is 1.99. The first-order valence-electron chi connectivity index (χ1n) is 9.08. The number of hydrogen-bond donors (Lipinski definition) is 2. The van der Waals surface area contributed by atoms with Crippen molar-refractivity contribution in [2.75, 3.05) is 18.5 Å². The van der Waals surface area contributed by atoms with Crippen LogP contribution in [-0.4, -0.2) is 46.8 Å². The first-order chi connectivity index (χ1) is 13.8. The van der Waals surface area contributed by atoms with E-state index in [1.54, 1.807) is 25.1 Å². The van der Waals surface area contributed by atoms with E-state index < -0.39 is 24.4 Å². The summed E-state index contributed by atoms with van der Waals surface area (Å²) in [6.07, 6.45) is 0.657. The molecule has 150 valence electrons. The molecule has 0 aromatic heterocycles. The second-order valence-electron chi connectivity index (χ2n) is 6.64. The number of carbonyl (C=O) groups is 4. The molecule has 2 aromatic rings. The summed E-state index contributed by atoms with van der Waals surface area (Å²) in [5.74, 6) is -1.86. The zero-order valence-electron chi connectivity index (χ0n) is 16.0. The summed E-state index contributed by atoms with van der Waals surface area (Å²) in [5, 5.41) is 11.4. The van der Waals surface area contributed by atoms with Crippen LogP contribution < -0.4 is 10.1 Å². The molecule has 3 amide bonds. The van der Waals surface area contributed by atoms with Crippen LogP contribution in [0.25, 0.3) is 0 Å². The molecule has 0 saturated carbocycles. The fraction of sp³-hybridized carbons (Fsp3) is 0.238. The smallest absolute Gasteiger partial charge is 0.341 e. The third-order valence-electron chi connectivity index (χ3n) is 4.49. The number of nitrogens with one attached hydrogen (secondary N) is 1. The monoisotopic (exact) mass is 396 g/mol. The summed E-state index contributed by atoms with van der Waals surface area (Å²) < 4.78 is 5.11. The molecule has 1 aliphatic heterocycles. The first kappa shape index (κ1) is 20.1. The van der Waals surface area contributed by atoms with Gasteiger partial charge in [-0.15, -0.1) is 0 Å². The number of aryl methyl sites for hydroxylation is 1. The zero-order chi connectivity index (χ0) is 21.1. The Labute approximate surface area is 167 Å². The number of imide groups is 1. The van der Waals surface area contributed by atoms with Gasteiger partial charge in [-0.1, -0.05) is 6.92 Å². The molecule has 0 aliphatic carbocycles. The lowest BCUT2D eigenvalue weighted by Gasteiger charge is -2.11. The van der Waals surface area contributed by atoms with Crippen LogP contribution >= 0.6 is 0 Å². The lowest BCUT2D eigenvalue weighted by atomic mass is 10.0. The minimum absolute atomic E-state index is 0.227. The van der Waals surface area contributed by atoms with Crippen LogP contribution in [0, 0.1) is 6.92 Å². The summed E-state index contributed by atoms with van der Waals surface area (Å²) in [6, 6.07) is 9.21. The number of fused-ring (bicyclic) bond motifs is 1. The van der Waals surface area contributed by atoms with Gasteiger partial charge < -0.3 is 15.2 Å². The normalized spacial score (nSPS) is 12.7. The number of aliphatic carboxylic acids is 1. The van der Waals surface area contributed by atoms with Crippen molar-refractivity contribution in [3.63, 3.8) is 0 Å². The van der Waals surface area contributed by atoms with Gasteiger partial charge in [0.1, 0.15) is 5.75 Å². The number of carboxylic acid groups (broad SMARTS) is 1. The largest absolute Gasteiger partial charge is 0.482 e. The van der Waals surface area contributed by atoms with Gasteiger partial charge in [0.2, 0.25) is 0 Å². The van der Waals surface area contributed by atoms with Crippen molar-refractivity contribution in [1.29, 1.82) is 0 Å². The Bertz CT molecular complexity index is 1010. The fourth-order valence-corrected chi connectivity index (χ4v) is 3.06. The SMILES string of the molecule is CCCN1C(=O)c2ccc(C(=O)Nc3ccc(OCC(=O)O)cc3C)cc2C1=O. The van der Waals surface area contributed by atoms with Crippen LogP contribution in [0.2, 0.25) is 0 Å². The van der Waals surface area contributed by atoms with Crippen LogP contribution in [-0.2, 0) is 4.79 Å². The first-order valence-corrected chi connectivity index (χ1v) is 9.08. The van der Waals surface area contributed by atoms with E-state index in [1.165, 1.54) is 23.1 Å². The predicted octanol–water partition coefficient (Wildman–Crippen LogP) is 2.72. The van der Waals surface area contributed by atoms with E-state index >= 15 is 0 Å². The van der Waals surface area contributed by atoms with Gasteiger partial charge in [0.05, 0.1) is 11.1 Å². The second-order valence-corrected chi connectivity index (χ2v) is 6.64. The number of ether oxygens (including phenoxy) is 1. The Morgan fingerprint density at radius 2 is 1.79 bits per heavy atom. The highest BCUT2D eigenvalue weighted by Gasteiger charge is 2.35. The maximum Gasteiger partial charge on any atom is 0.341 e. The number of hydrogen-bond acceptors (Lipinski definition) is 5. The third-order valence-corrected chi connectivity index (χ3v) is 4.49. The minimum Gasteiger partial charge on any atom is -0.482 e. The van der Waals surface area contributed by atoms with Gasteiger partial charge in [-0.3, -0.25) is 19.3 Å². The van der Waals surface area contributed by atoms with Gasteiger partial charge in [0.15, 0.2) is 6.61 Å². The van der Waals surface area contributed by atoms with Crippen LogP contribution in [0.15, 0.2) is 36.4 Å². The molecule has 8 heteroatoms. The van der Waals surface area contributed by atoms with Gasteiger partial charge in [-0.25, -0.2) is 4.79 Å². The zero-order valence-corrected chi connectivity index (χ0v) is 16.0.